The molecule has 2 aromatic rings. The Bertz CT molecular complexity index is 940. The van der Waals surface area contributed by atoms with Gasteiger partial charge < -0.3 is 14.9 Å². The van der Waals surface area contributed by atoms with Crippen molar-refractivity contribution in [3.05, 3.63) is 76.1 Å². The van der Waals surface area contributed by atoms with Crippen LogP contribution in [0.2, 0.25) is 5.02 Å². The lowest BCUT2D eigenvalue weighted by molar-refractivity contribution is -0.139. The third kappa shape index (κ3) is 4.49. The molecule has 5 nitrogen and oxygen atoms in total. The van der Waals surface area contributed by atoms with E-state index < -0.39 is 23.5 Å². The minimum absolute atomic E-state index is 0.00576. The minimum atomic E-state index is -0.784. The van der Waals surface area contributed by atoms with Crippen molar-refractivity contribution in [1.82, 2.24) is 9.80 Å². The van der Waals surface area contributed by atoms with Crippen molar-refractivity contribution in [2.24, 2.45) is 0 Å². The summed E-state index contributed by atoms with van der Waals surface area (Å²) in [5, 5.41) is 11.4. The molecule has 1 fully saturated rings. The second-order valence-electron chi connectivity index (χ2n) is 7.21. The normalized spacial score (nSPS) is 18.7. The summed E-state index contributed by atoms with van der Waals surface area (Å²) in [5.41, 5.74) is 0.938. The highest BCUT2D eigenvalue weighted by molar-refractivity contribution is 6.46. The highest BCUT2D eigenvalue weighted by Crippen LogP contribution is 2.39. The second kappa shape index (κ2) is 8.76. The Hall–Kier alpha value is -2.70. The van der Waals surface area contributed by atoms with Gasteiger partial charge >= 0.3 is 0 Å². The topological polar surface area (TPSA) is 60.9 Å². The van der Waals surface area contributed by atoms with Gasteiger partial charge in [-0.25, -0.2) is 4.39 Å². The van der Waals surface area contributed by atoms with Gasteiger partial charge in [0.1, 0.15) is 11.6 Å². The molecule has 1 unspecified atom stereocenters. The first kappa shape index (κ1) is 21.0. The lowest BCUT2D eigenvalue weighted by atomic mass is 9.95. The number of ketones is 1. The summed E-state index contributed by atoms with van der Waals surface area (Å²) in [6, 6.07) is 11.2. The van der Waals surface area contributed by atoms with E-state index in [0.29, 0.717) is 29.1 Å². The van der Waals surface area contributed by atoms with E-state index in [1.165, 1.54) is 29.2 Å². The Labute approximate surface area is 174 Å². The van der Waals surface area contributed by atoms with Crippen LogP contribution in [0.3, 0.4) is 0 Å². The van der Waals surface area contributed by atoms with Crippen molar-refractivity contribution in [2.45, 2.75) is 12.5 Å². The molecule has 0 radical (unpaired) electrons. The van der Waals surface area contributed by atoms with Crippen molar-refractivity contribution in [2.75, 3.05) is 27.2 Å². The summed E-state index contributed by atoms with van der Waals surface area (Å²) in [6.45, 7) is 1.07. The minimum Gasteiger partial charge on any atom is -0.507 e. The van der Waals surface area contributed by atoms with E-state index >= 15 is 0 Å². The van der Waals surface area contributed by atoms with E-state index in [1.807, 2.05) is 19.0 Å². The quantitative estimate of drug-likeness (QED) is 0.441. The molecule has 0 bridgehead atoms. The number of likely N-dealkylation sites (tertiary alicyclic amines) is 1. The van der Waals surface area contributed by atoms with Crippen molar-refractivity contribution < 1.29 is 19.1 Å². The van der Waals surface area contributed by atoms with Gasteiger partial charge in [0.05, 0.1) is 11.6 Å². The molecule has 1 heterocycles. The molecular weight excluding hydrogens is 395 g/mol. The molecule has 0 saturated carbocycles. The van der Waals surface area contributed by atoms with Gasteiger partial charge in [0.25, 0.3) is 11.7 Å². The van der Waals surface area contributed by atoms with Crippen molar-refractivity contribution in [1.29, 1.82) is 0 Å². The lowest BCUT2D eigenvalue weighted by Crippen LogP contribution is -2.32. The monoisotopic (exact) mass is 416 g/mol. The fourth-order valence-electron chi connectivity index (χ4n) is 3.42. The first-order chi connectivity index (χ1) is 13.8. The number of amides is 1. The third-order valence-electron chi connectivity index (χ3n) is 4.85. The second-order valence-corrected chi connectivity index (χ2v) is 7.64. The number of rotatable bonds is 6. The smallest absolute Gasteiger partial charge is 0.295 e. The van der Waals surface area contributed by atoms with Gasteiger partial charge in [-0.2, -0.15) is 0 Å². The van der Waals surface area contributed by atoms with E-state index in [4.69, 9.17) is 11.6 Å². The van der Waals surface area contributed by atoms with Crippen LogP contribution in [0.25, 0.3) is 5.76 Å². The fraction of sp³-hybridized carbons (Fsp3) is 0.273. The van der Waals surface area contributed by atoms with Crippen LogP contribution in [0.1, 0.15) is 23.6 Å². The molecule has 152 valence electrons. The molecule has 0 spiro atoms. The van der Waals surface area contributed by atoms with Crippen LogP contribution < -0.4 is 0 Å². The number of hydrogen-bond acceptors (Lipinski definition) is 4. The number of nitrogens with zero attached hydrogens (tertiary/aromatic N) is 2. The maximum Gasteiger partial charge on any atom is 0.295 e. The van der Waals surface area contributed by atoms with Crippen molar-refractivity contribution in [3.8, 4) is 0 Å². The standard InChI is InChI=1S/C22H22ClFN2O3/c1-25(2)12-3-13-26-19(14-6-10-17(24)11-7-14)18(21(28)22(26)29)20(27)15-4-8-16(23)9-5-15/h4-11,19,27H,3,12-13H2,1-2H3/b20-18-. The number of hydrogen-bond donors (Lipinski definition) is 1. The lowest BCUT2D eigenvalue weighted by Gasteiger charge is -2.26. The summed E-state index contributed by atoms with van der Waals surface area (Å²) in [5.74, 6) is -2.12. The van der Waals surface area contributed by atoms with Gasteiger partial charge in [0, 0.05) is 17.1 Å². The summed E-state index contributed by atoms with van der Waals surface area (Å²) in [7, 11) is 3.85. The Balaban J connectivity index is 2.07. The Kier molecular flexibility index (Phi) is 6.35. The van der Waals surface area contributed by atoms with Crippen molar-refractivity contribution in [3.63, 3.8) is 0 Å². The maximum atomic E-state index is 13.4. The fourth-order valence-corrected chi connectivity index (χ4v) is 3.55. The molecule has 1 amide bonds. The van der Waals surface area contributed by atoms with Gasteiger partial charge in [-0.1, -0.05) is 23.7 Å². The van der Waals surface area contributed by atoms with Crippen molar-refractivity contribution >= 4 is 29.1 Å². The van der Waals surface area contributed by atoms with E-state index in [-0.39, 0.29) is 11.3 Å². The van der Waals surface area contributed by atoms with Gasteiger partial charge in [-0.15, -0.1) is 0 Å². The van der Waals surface area contributed by atoms with Crippen LogP contribution in [0.15, 0.2) is 54.1 Å². The highest BCUT2D eigenvalue weighted by Gasteiger charge is 2.45. The van der Waals surface area contributed by atoms with E-state index in [0.717, 1.165) is 6.54 Å². The number of aliphatic hydroxyl groups is 1. The van der Waals surface area contributed by atoms with Crippen LogP contribution in [0, 0.1) is 5.82 Å². The molecular formula is C22H22ClFN2O3. The van der Waals surface area contributed by atoms with Gasteiger partial charge in [0.2, 0.25) is 0 Å². The number of halogens is 2. The molecule has 0 aliphatic carbocycles. The van der Waals surface area contributed by atoms with Crippen LogP contribution >= 0.6 is 11.6 Å². The average molecular weight is 417 g/mol. The molecule has 7 heteroatoms. The zero-order valence-corrected chi connectivity index (χ0v) is 17.0. The van der Waals surface area contributed by atoms with Crippen LogP contribution in [-0.4, -0.2) is 53.8 Å². The molecule has 1 saturated heterocycles. The summed E-state index contributed by atoms with van der Waals surface area (Å²) >= 11 is 5.91. The highest BCUT2D eigenvalue weighted by atomic mass is 35.5. The molecule has 3 rings (SSSR count). The molecule has 1 atom stereocenters. The van der Waals surface area contributed by atoms with Gasteiger partial charge in [-0.05, 0) is 69.0 Å². The number of Topliss-reactive ketones (excluding diaryl/α,β-unsaturated/α-hetero) is 1. The predicted molar refractivity (Wildman–Crippen MR) is 110 cm³/mol. The Morgan fingerprint density at radius 2 is 1.72 bits per heavy atom. The van der Waals surface area contributed by atoms with E-state index in [1.54, 1.807) is 24.3 Å². The van der Waals surface area contributed by atoms with E-state index in [9.17, 15) is 19.1 Å². The zero-order chi connectivity index (χ0) is 21.1. The molecule has 0 aromatic heterocycles. The van der Waals surface area contributed by atoms with Gasteiger partial charge in [0.15, 0.2) is 0 Å². The Morgan fingerprint density at radius 3 is 2.31 bits per heavy atom. The molecule has 1 N–H and O–H groups in total. The predicted octanol–water partition coefficient (Wildman–Crippen LogP) is 3.85. The molecule has 29 heavy (non-hydrogen) atoms. The number of aliphatic hydroxyl groups excluding tert-OH is 1. The zero-order valence-electron chi connectivity index (χ0n) is 16.2. The van der Waals surface area contributed by atoms with E-state index in [2.05, 4.69) is 0 Å². The van der Waals surface area contributed by atoms with Gasteiger partial charge in [-0.3, -0.25) is 9.59 Å². The van der Waals surface area contributed by atoms with Crippen LogP contribution in [-0.2, 0) is 9.59 Å². The number of benzene rings is 2. The molecule has 1 aliphatic rings. The largest absolute Gasteiger partial charge is 0.507 e. The average Bonchev–Trinajstić information content (AvgIpc) is 2.93. The SMILES string of the molecule is CN(C)CCCN1C(=O)C(=O)/C(=C(\O)c2ccc(Cl)cc2)C1c1ccc(F)cc1. The number of carbonyl (C=O) groups excluding carboxylic acids is 2. The van der Waals surface area contributed by atoms with Crippen LogP contribution in [0.4, 0.5) is 4.39 Å². The molecule has 2 aromatic carbocycles. The summed E-state index contributed by atoms with van der Waals surface area (Å²) in [4.78, 5) is 29.0. The Morgan fingerprint density at radius 1 is 1.10 bits per heavy atom. The maximum absolute atomic E-state index is 13.4. The first-order valence-corrected chi connectivity index (χ1v) is 9.62. The summed E-state index contributed by atoms with van der Waals surface area (Å²) in [6.07, 6.45) is 0.651. The van der Waals surface area contributed by atoms with Crippen LogP contribution in [0.5, 0.6) is 0 Å². The first-order valence-electron chi connectivity index (χ1n) is 9.24. The third-order valence-corrected chi connectivity index (χ3v) is 5.10. The number of carbonyl (C=O) groups is 2. The summed E-state index contributed by atoms with van der Waals surface area (Å²) < 4.78 is 13.4. The molecule has 1 aliphatic heterocycles.